The van der Waals surface area contributed by atoms with E-state index >= 15 is 0 Å². The van der Waals surface area contributed by atoms with Crippen LogP contribution in [0.2, 0.25) is 0 Å². The molecule has 1 atom stereocenters. The topological polar surface area (TPSA) is 55.1 Å². The standard InChI is InChI=1S/C18H22N2O/c1-12(2)17(14-8-5-4-6-9-14)20-16-11-7-10-15(13(16)3)18(19)21/h4-12,17,20H,1-3H3,(H2,19,21). The molecule has 0 aliphatic rings. The molecule has 0 bridgehead atoms. The Hall–Kier alpha value is -2.29. The van der Waals surface area contributed by atoms with Gasteiger partial charge in [-0.3, -0.25) is 4.79 Å². The highest BCUT2D eigenvalue weighted by molar-refractivity contribution is 5.95. The molecule has 0 heterocycles. The molecule has 1 amide bonds. The van der Waals surface area contributed by atoms with Gasteiger partial charge in [0.15, 0.2) is 0 Å². The van der Waals surface area contributed by atoms with Gasteiger partial charge in [-0.2, -0.15) is 0 Å². The molecule has 0 aromatic heterocycles. The van der Waals surface area contributed by atoms with E-state index in [0.717, 1.165) is 11.3 Å². The lowest BCUT2D eigenvalue weighted by molar-refractivity contribution is 0.1000. The zero-order valence-corrected chi connectivity index (χ0v) is 12.8. The molecule has 0 saturated carbocycles. The zero-order valence-electron chi connectivity index (χ0n) is 12.8. The van der Waals surface area contributed by atoms with E-state index in [0.29, 0.717) is 11.5 Å². The number of carbonyl (C=O) groups excluding carboxylic acids is 1. The second-order valence-electron chi connectivity index (χ2n) is 5.62. The summed E-state index contributed by atoms with van der Waals surface area (Å²) in [6, 6.07) is 16.1. The molecule has 0 spiro atoms. The minimum Gasteiger partial charge on any atom is -0.378 e. The summed E-state index contributed by atoms with van der Waals surface area (Å²) >= 11 is 0. The number of hydrogen-bond donors (Lipinski definition) is 2. The Kier molecular flexibility index (Phi) is 4.63. The molecule has 21 heavy (non-hydrogen) atoms. The Morgan fingerprint density at radius 2 is 1.71 bits per heavy atom. The van der Waals surface area contributed by atoms with Crippen molar-refractivity contribution >= 4 is 11.6 Å². The Bertz CT molecular complexity index is 620. The van der Waals surface area contributed by atoms with Gasteiger partial charge in [0, 0.05) is 11.3 Å². The van der Waals surface area contributed by atoms with Gasteiger partial charge >= 0.3 is 0 Å². The van der Waals surface area contributed by atoms with Crippen molar-refractivity contribution in [3.8, 4) is 0 Å². The third-order valence-electron chi connectivity index (χ3n) is 3.74. The van der Waals surface area contributed by atoms with Crippen LogP contribution < -0.4 is 11.1 Å². The van der Waals surface area contributed by atoms with Crippen LogP contribution in [0.15, 0.2) is 48.5 Å². The molecule has 3 heteroatoms. The first kappa shape index (κ1) is 15.1. The van der Waals surface area contributed by atoms with Crippen molar-refractivity contribution in [2.24, 2.45) is 11.7 Å². The highest BCUT2D eigenvalue weighted by Gasteiger charge is 2.17. The van der Waals surface area contributed by atoms with Gasteiger partial charge in [0.1, 0.15) is 0 Å². The van der Waals surface area contributed by atoms with E-state index in [-0.39, 0.29) is 6.04 Å². The third kappa shape index (κ3) is 3.43. The largest absolute Gasteiger partial charge is 0.378 e. The van der Waals surface area contributed by atoms with Gasteiger partial charge in [-0.05, 0) is 36.1 Å². The lowest BCUT2D eigenvalue weighted by atomic mass is 9.95. The summed E-state index contributed by atoms with van der Waals surface area (Å²) in [5.74, 6) is 0.0287. The maximum atomic E-state index is 11.5. The fourth-order valence-corrected chi connectivity index (χ4v) is 2.52. The first-order valence-electron chi connectivity index (χ1n) is 7.21. The van der Waals surface area contributed by atoms with Crippen molar-refractivity contribution in [2.45, 2.75) is 26.8 Å². The van der Waals surface area contributed by atoms with Crippen LogP contribution in [0.4, 0.5) is 5.69 Å². The first-order valence-corrected chi connectivity index (χ1v) is 7.21. The molecule has 0 fully saturated rings. The molecule has 2 aromatic carbocycles. The van der Waals surface area contributed by atoms with Crippen molar-refractivity contribution < 1.29 is 4.79 Å². The molecule has 2 rings (SSSR count). The lowest BCUT2D eigenvalue weighted by Crippen LogP contribution is -2.19. The zero-order chi connectivity index (χ0) is 15.4. The lowest BCUT2D eigenvalue weighted by Gasteiger charge is -2.25. The summed E-state index contributed by atoms with van der Waals surface area (Å²) in [5, 5.41) is 3.55. The number of nitrogens with one attached hydrogen (secondary N) is 1. The Morgan fingerprint density at radius 3 is 2.29 bits per heavy atom. The highest BCUT2D eigenvalue weighted by Crippen LogP contribution is 2.29. The van der Waals surface area contributed by atoms with Gasteiger partial charge in [-0.15, -0.1) is 0 Å². The van der Waals surface area contributed by atoms with Gasteiger partial charge in [0.2, 0.25) is 5.91 Å². The highest BCUT2D eigenvalue weighted by atomic mass is 16.1. The van der Waals surface area contributed by atoms with E-state index < -0.39 is 5.91 Å². The SMILES string of the molecule is Cc1c(NC(c2ccccc2)C(C)C)cccc1C(N)=O. The number of carbonyl (C=O) groups is 1. The van der Waals surface area contributed by atoms with Crippen molar-refractivity contribution in [3.05, 3.63) is 65.2 Å². The van der Waals surface area contributed by atoms with Crippen LogP contribution >= 0.6 is 0 Å². The van der Waals surface area contributed by atoms with Gasteiger partial charge < -0.3 is 11.1 Å². The first-order chi connectivity index (χ1) is 10.0. The van der Waals surface area contributed by atoms with Gasteiger partial charge in [-0.25, -0.2) is 0 Å². The van der Waals surface area contributed by atoms with E-state index in [1.54, 1.807) is 6.07 Å². The molecule has 0 aliphatic heterocycles. The van der Waals surface area contributed by atoms with Gasteiger partial charge in [0.05, 0.1) is 6.04 Å². The Labute approximate surface area is 126 Å². The fourth-order valence-electron chi connectivity index (χ4n) is 2.52. The summed E-state index contributed by atoms with van der Waals surface area (Å²) in [6.45, 7) is 6.28. The van der Waals surface area contributed by atoms with Gasteiger partial charge in [0.25, 0.3) is 0 Å². The fraction of sp³-hybridized carbons (Fsp3) is 0.278. The quantitative estimate of drug-likeness (QED) is 0.873. The summed E-state index contributed by atoms with van der Waals surface area (Å²) < 4.78 is 0. The summed E-state index contributed by atoms with van der Waals surface area (Å²) in [6.07, 6.45) is 0. The van der Waals surface area contributed by atoms with Gasteiger partial charge in [-0.1, -0.05) is 50.2 Å². The summed E-state index contributed by atoms with van der Waals surface area (Å²) in [7, 11) is 0. The monoisotopic (exact) mass is 282 g/mol. The van der Waals surface area contributed by atoms with E-state index in [1.165, 1.54) is 5.56 Å². The molecular formula is C18H22N2O. The molecule has 3 nitrogen and oxygen atoms in total. The van der Waals surface area contributed by atoms with Crippen LogP contribution in [-0.2, 0) is 0 Å². The van der Waals surface area contributed by atoms with E-state index in [1.807, 2.05) is 37.3 Å². The van der Waals surface area contributed by atoms with Crippen molar-refractivity contribution in [1.82, 2.24) is 0 Å². The third-order valence-corrected chi connectivity index (χ3v) is 3.74. The number of nitrogens with two attached hydrogens (primary N) is 1. The molecule has 1 unspecified atom stereocenters. The smallest absolute Gasteiger partial charge is 0.249 e. The molecule has 110 valence electrons. The predicted molar refractivity (Wildman–Crippen MR) is 87.3 cm³/mol. The number of rotatable bonds is 5. The van der Waals surface area contributed by atoms with E-state index in [9.17, 15) is 4.79 Å². The van der Waals surface area contributed by atoms with E-state index in [2.05, 4.69) is 31.3 Å². The predicted octanol–water partition coefficient (Wildman–Crippen LogP) is 3.90. The number of anilines is 1. The van der Waals surface area contributed by atoms with Crippen LogP contribution in [0.25, 0.3) is 0 Å². The van der Waals surface area contributed by atoms with Crippen LogP contribution in [-0.4, -0.2) is 5.91 Å². The molecule has 0 aliphatic carbocycles. The minimum absolute atomic E-state index is 0.188. The number of hydrogen-bond acceptors (Lipinski definition) is 2. The van der Waals surface area contributed by atoms with Crippen LogP contribution in [0.3, 0.4) is 0 Å². The Morgan fingerprint density at radius 1 is 1.05 bits per heavy atom. The Balaban J connectivity index is 2.35. The number of benzene rings is 2. The summed E-state index contributed by atoms with van der Waals surface area (Å²) in [5.41, 5.74) is 9.06. The number of amides is 1. The maximum Gasteiger partial charge on any atom is 0.249 e. The molecular weight excluding hydrogens is 260 g/mol. The number of primary amides is 1. The van der Waals surface area contributed by atoms with Crippen LogP contribution in [0.1, 0.15) is 41.4 Å². The second-order valence-corrected chi connectivity index (χ2v) is 5.62. The molecule has 0 radical (unpaired) electrons. The van der Waals surface area contributed by atoms with E-state index in [4.69, 9.17) is 5.73 Å². The molecule has 0 saturated heterocycles. The van der Waals surface area contributed by atoms with Crippen LogP contribution in [0.5, 0.6) is 0 Å². The minimum atomic E-state index is -0.392. The average molecular weight is 282 g/mol. The maximum absolute atomic E-state index is 11.5. The second kappa shape index (κ2) is 6.44. The normalized spacial score (nSPS) is 12.2. The molecule has 3 N–H and O–H groups in total. The summed E-state index contributed by atoms with van der Waals surface area (Å²) in [4.78, 5) is 11.5. The van der Waals surface area contributed by atoms with Crippen molar-refractivity contribution in [2.75, 3.05) is 5.32 Å². The average Bonchev–Trinajstić information content (AvgIpc) is 2.46. The molecule has 2 aromatic rings. The van der Waals surface area contributed by atoms with Crippen molar-refractivity contribution in [3.63, 3.8) is 0 Å². The van der Waals surface area contributed by atoms with Crippen molar-refractivity contribution in [1.29, 1.82) is 0 Å². The van der Waals surface area contributed by atoms with Crippen LogP contribution in [0, 0.1) is 12.8 Å².